The molecule has 114 valence electrons. The number of carbonyl (C=O) groups excluding carboxylic acids is 1. The second-order valence-electron chi connectivity index (χ2n) is 4.26. The van der Waals surface area contributed by atoms with Gasteiger partial charge in [-0.15, -0.1) is 0 Å². The van der Waals surface area contributed by atoms with Crippen LogP contribution in [0.15, 0.2) is 29.2 Å². The first-order valence-electron chi connectivity index (χ1n) is 6.34. The molecule has 1 atom stereocenters. The van der Waals surface area contributed by atoms with Gasteiger partial charge >= 0.3 is 0 Å². The minimum atomic E-state index is -3.80. The predicted octanol–water partition coefficient (Wildman–Crippen LogP) is -0.167. The highest BCUT2D eigenvalue weighted by molar-refractivity contribution is 7.89. The Labute approximate surface area is 124 Å². The molecule has 0 bridgehead atoms. The van der Waals surface area contributed by atoms with Gasteiger partial charge in [0.15, 0.2) is 0 Å². The zero-order chi connectivity index (χ0) is 15.9. The Balaban J connectivity index is 2.97. The van der Waals surface area contributed by atoms with E-state index in [1.165, 1.54) is 26.1 Å². The SMILES string of the molecule is CNC(=O)C(C)NS(=O)(=O)c1cccc(C#CCCO)c1. The molecular formula is C14H18N2O4S. The number of amides is 1. The van der Waals surface area contributed by atoms with Gasteiger partial charge in [-0.1, -0.05) is 17.9 Å². The topological polar surface area (TPSA) is 95.5 Å². The van der Waals surface area contributed by atoms with Crippen LogP contribution in [0.2, 0.25) is 0 Å². The Morgan fingerprint density at radius 3 is 2.76 bits per heavy atom. The van der Waals surface area contributed by atoms with Crippen LogP contribution in [-0.4, -0.2) is 39.1 Å². The quantitative estimate of drug-likeness (QED) is 0.658. The molecule has 7 heteroatoms. The van der Waals surface area contributed by atoms with Crippen molar-refractivity contribution in [2.45, 2.75) is 24.3 Å². The Kier molecular flexibility index (Phi) is 6.37. The first-order chi connectivity index (χ1) is 9.90. The van der Waals surface area contributed by atoms with E-state index in [2.05, 4.69) is 21.9 Å². The maximum atomic E-state index is 12.2. The number of hydrogen-bond donors (Lipinski definition) is 3. The molecule has 0 saturated heterocycles. The Hall–Kier alpha value is -1.88. The molecule has 0 aliphatic rings. The molecule has 1 unspecified atom stereocenters. The van der Waals surface area contributed by atoms with Crippen LogP contribution >= 0.6 is 0 Å². The molecule has 1 rings (SSSR count). The smallest absolute Gasteiger partial charge is 0.241 e. The van der Waals surface area contributed by atoms with Crippen molar-refractivity contribution in [1.29, 1.82) is 0 Å². The molecule has 0 radical (unpaired) electrons. The molecule has 1 aromatic carbocycles. The summed E-state index contributed by atoms with van der Waals surface area (Å²) in [6, 6.07) is 5.22. The number of carbonyl (C=O) groups is 1. The lowest BCUT2D eigenvalue weighted by Crippen LogP contribution is -2.43. The van der Waals surface area contributed by atoms with E-state index in [0.29, 0.717) is 12.0 Å². The van der Waals surface area contributed by atoms with E-state index in [-0.39, 0.29) is 11.5 Å². The number of likely N-dealkylation sites (N-methyl/N-ethyl adjacent to an activating group) is 1. The molecule has 0 aliphatic heterocycles. The van der Waals surface area contributed by atoms with Gasteiger partial charge in [-0.25, -0.2) is 8.42 Å². The van der Waals surface area contributed by atoms with Crippen LogP contribution in [0.3, 0.4) is 0 Å². The largest absolute Gasteiger partial charge is 0.395 e. The van der Waals surface area contributed by atoms with E-state index in [4.69, 9.17) is 5.11 Å². The van der Waals surface area contributed by atoms with E-state index in [1.54, 1.807) is 12.1 Å². The molecule has 0 fully saturated rings. The van der Waals surface area contributed by atoms with Crippen molar-refractivity contribution in [3.8, 4) is 11.8 Å². The lowest BCUT2D eigenvalue weighted by molar-refractivity contribution is -0.121. The molecule has 0 aliphatic carbocycles. The molecule has 0 heterocycles. The summed E-state index contributed by atoms with van der Waals surface area (Å²) in [5.74, 6) is 5.06. The van der Waals surface area contributed by atoms with Crippen molar-refractivity contribution in [3.05, 3.63) is 29.8 Å². The van der Waals surface area contributed by atoms with Crippen molar-refractivity contribution in [1.82, 2.24) is 10.0 Å². The third-order valence-corrected chi connectivity index (χ3v) is 4.12. The maximum absolute atomic E-state index is 12.2. The third kappa shape index (κ3) is 5.19. The fourth-order valence-corrected chi connectivity index (χ4v) is 2.78. The number of sulfonamides is 1. The standard InChI is InChI=1S/C14H18N2O4S/c1-11(14(18)15-2)16-21(19,20)13-8-5-7-12(10-13)6-3-4-9-17/h5,7-8,10-11,16-17H,4,9H2,1-2H3,(H,15,18). The first kappa shape index (κ1) is 17.2. The zero-order valence-electron chi connectivity index (χ0n) is 11.9. The lowest BCUT2D eigenvalue weighted by atomic mass is 10.2. The van der Waals surface area contributed by atoms with Gasteiger partial charge < -0.3 is 10.4 Å². The van der Waals surface area contributed by atoms with E-state index >= 15 is 0 Å². The monoisotopic (exact) mass is 310 g/mol. The average Bonchev–Trinajstić information content (AvgIpc) is 2.46. The van der Waals surface area contributed by atoms with Crippen molar-refractivity contribution in [2.75, 3.05) is 13.7 Å². The Morgan fingerprint density at radius 2 is 2.14 bits per heavy atom. The minimum absolute atomic E-state index is 0.0362. The van der Waals surface area contributed by atoms with E-state index in [9.17, 15) is 13.2 Å². The number of aliphatic hydroxyl groups is 1. The van der Waals surface area contributed by atoms with E-state index < -0.39 is 22.0 Å². The van der Waals surface area contributed by atoms with Gasteiger partial charge in [-0.2, -0.15) is 4.72 Å². The summed E-state index contributed by atoms with van der Waals surface area (Å²) in [7, 11) is -2.36. The lowest BCUT2D eigenvalue weighted by Gasteiger charge is -2.12. The Morgan fingerprint density at radius 1 is 1.43 bits per heavy atom. The normalized spacial score (nSPS) is 12.1. The molecule has 0 spiro atoms. The summed E-state index contributed by atoms with van der Waals surface area (Å²) in [4.78, 5) is 11.4. The second-order valence-corrected chi connectivity index (χ2v) is 5.97. The van der Waals surface area contributed by atoms with Gasteiger partial charge in [0.05, 0.1) is 17.5 Å². The number of hydrogen-bond acceptors (Lipinski definition) is 4. The second kappa shape index (κ2) is 7.78. The number of rotatable bonds is 5. The van der Waals surface area contributed by atoms with Gasteiger partial charge in [0.2, 0.25) is 15.9 Å². The Bertz CT molecular complexity index is 659. The predicted molar refractivity (Wildman–Crippen MR) is 78.9 cm³/mol. The molecule has 0 aromatic heterocycles. The van der Waals surface area contributed by atoms with E-state index in [1.807, 2.05) is 0 Å². The van der Waals surface area contributed by atoms with Gasteiger partial charge in [-0.3, -0.25) is 4.79 Å². The molecule has 21 heavy (non-hydrogen) atoms. The zero-order valence-corrected chi connectivity index (χ0v) is 12.7. The van der Waals surface area contributed by atoms with Crippen LogP contribution in [-0.2, 0) is 14.8 Å². The van der Waals surface area contributed by atoms with Crippen LogP contribution in [0.25, 0.3) is 0 Å². The molecule has 3 N–H and O–H groups in total. The van der Waals surface area contributed by atoms with Crippen LogP contribution in [0.1, 0.15) is 18.9 Å². The number of benzene rings is 1. The number of aliphatic hydroxyl groups excluding tert-OH is 1. The fourth-order valence-electron chi connectivity index (χ4n) is 1.53. The minimum Gasteiger partial charge on any atom is -0.395 e. The molecule has 1 aromatic rings. The highest BCUT2D eigenvalue weighted by Crippen LogP contribution is 2.11. The highest BCUT2D eigenvalue weighted by Gasteiger charge is 2.21. The van der Waals surface area contributed by atoms with Crippen molar-refractivity contribution >= 4 is 15.9 Å². The van der Waals surface area contributed by atoms with Crippen molar-refractivity contribution in [2.24, 2.45) is 0 Å². The van der Waals surface area contributed by atoms with Crippen molar-refractivity contribution in [3.63, 3.8) is 0 Å². The van der Waals surface area contributed by atoms with Crippen LogP contribution in [0.5, 0.6) is 0 Å². The summed E-state index contributed by atoms with van der Waals surface area (Å²) in [6.07, 6.45) is 0.322. The highest BCUT2D eigenvalue weighted by atomic mass is 32.2. The molecular weight excluding hydrogens is 292 g/mol. The summed E-state index contributed by atoms with van der Waals surface area (Å²) in [6.45, 7) is 1.41. The summed E-state index contributed by atoms with van der Waals surface area (Å²) in [5, 5.41) is 11.0. The van der Waals surface area contributed by atoms with Crippen molar-refractivity contribution < 1.29 is 18.3 Å². The summed E-state index contributed by atoms with van der Waals surface area (Å²) >= 11 is 0. The molecule has 1 amide bonds. The van der Waals surface area contributed by atoms with Crippen LogP contribution < -0.4 is 10.0 Å². The molecule has 6 nitrogen and oxygen atoms in total. The van der Waals surface area contributed by atoms with Crippen LogP contribution in [0, 0.1) is 11.8 Å². The van der Waals surface area contributed by atoms with Gasteiger partial charge in [-0.05, 0) is 25.1 Å². The van der Waals surface area contributed by atoms with E-state index in [0.717, 1.165) is 0 Å². The summed E-state index contributed by atoms with van der Waals surface area (Å²) in [5.41, 5.74) is 0.527. The molecule has 0 saturated carbocycles. The van der Waals surface area contributed by atoms with Gasteiger partial charge in [0, 0.05) is 19.0 Å². The van der Waals surface area contributed by atoms with Gasteiger partial charge in [0.1, 0.15) is 0 Å². The summed E-state index contributed by atoms with van der Waals surface area (Å²) < 4.78 is 26.6. The fraction of sp³-hybridized carbons (Fsp3) is 0.357. The number of nitrogens with one attached hydrogen (secondary N) is 2. The average molecular weight is 310 g/mol. The van der Waals surface area contributed by atoms with Gasteiger partial charge in [0.25, 0.3) is 0 Å². The third-order valence-electron chi connectivity index (χ3n) is 2.59. The van der Waals surface area contributed by atoms with Crippen LogP contribution in [0.4, 0.5) is 0 Å². The maximum Gasteiger partial charge on any atom is 0.241 e. The first-order valence-corrected chi connectivity index (χ1v) is 7.82.